The average Bonchev–Trinajstić information content (AvgIpc) is 3.56. The Bertz CT molecular complexity index is 1120. The largest absolute Gasteiger partial charge is 0.489 e. The monoisotopic (exact) mass is 437 g/mol. The molecule has 2 N–H and O–H groups in total. The summed E-state index contributed by atoms with van der Waals surface area (Å²) < 4.78 is 24.9. The number of ether oxygens (including phenoxy) is 1. The molecule has 1 saturated carbocycles. The van der Waals surface area contributed by atoms with Gasteiger partial charge in [0.2, 0.25) is 11.8 Å². The van der Waals surface area contributed by atoms with Crippen molar-refractivity contribution in [1.29, 1.82) is 0 Å². The summed E-state index contributed by atoms with van der Waals surface area (Å²) in [5.74, 6) is 0.383. The van der Waals surface area contributed by atoms with Crippen molar-refractivity contribution in [3.63, 3.8) is 0 Å². The van der Waals surface area contributed by atoms with E-state index in [2.05, 4.69) is 15.8 Å². The van der Waals surface area contributed by atoms with Crippen LogP contribution in [-0.2, 0) is 22.6 Å². The highest BCUT2D eigenvalue weighted by Gasteiger charge is 2.30. The number of carbonyl (C=O) groups is 2. The van der Waals surface area contributed by atoms with E-state index in [0.29, 0.717) is 18.0 Å². The van der Waals surface area contributed by atoms with Crippen LogP contribution in [0.5, 0.6) is 5.75 Å². The SMILES string of the molecule is Cc1noc(C)c1COc1ccc(CC(=O)Nc2ccc(F)c(NC(=O)C3CC3)c2)cc1. The van der Waals surface area contributed by atoms with Crippen LogP contribution in [0.25, 0.3) is 0 Å². The zero-order chi connectivity index (χ0) is 22.7. The molecule has 0 unspecified atom stereocenters. The first-order valence-corrected chi connectivity index (χ1v) is 10.4. The van der Waals surface area contributed by atoms with Gasteiger partial charge in [0.05, 0.1) is 23.4 Å². The van der Waals surface area contributed by atoms with Crippen LogP contribution in [0.3, 0.4) is 0 Å². The lowest BCUT2D eigenvalue weighted by Crippen LogP contribution is -2.16. The lowest BCUT2D eigenvalue weighted by molar-refractivity contribution is -0.117. The molecule has 8 heteroatoms. The lowest BCUT2D eigenvalue weighted by atomic mass is 10.1. The summed E-state index contributed by atoms with van der Waals surface area (Å²) in [6, 6.07) is 11.3. The Balaban J connectivity index is 1.31. The minimum absolute atomic E-state index is 0.0380. The van der Waals surface area contributed by atoms with Gasteiger partial charge in [0.25, 0.3) is 0 Å². The Morgan fingerprint density at radius 2 is 1.88 bits per heavy atom. The van der Waals surface area contributed by atoms with Gasteiger partial charge in [-0.1, -0.05) is 17.3 Å². The molecule has 2 aromatic carbocycles. The minimum atomic E-state index is -0.538. The van der Waals surface area contributed by atoms with Gasteiger partial charge in [0.15, 0.2) is 0 Å². The second-order valence-corrected chi connectivity index (χ2v) is 7.92. The second-order valence-electron chi connectivity index (χ2n) is 7.92. The van der Waals surface area contributed by atoms with Crippen LogP contribution < -0.4 is 15.4 Å². The van der Waals surface area contributed by atoms with Crippen LogP contribution in [0.2, 0.25) is 0 Å². The summed E-state index contributed by atoms with van der Waals surface area (Å²) in [6.07, 6.45) is 1.80. The van der Waals surface area contributed by atoms with Crippen molar-refractivity contribution >= 4 is 23.2 Å². The topological polar surface area (TPSA) is 93.5 Å². The molecule has 32 heavy (non-hydrogen) atoms. The minimum Gasteiger partial charge on any atom is -0.489 e. The van der Waals surface area contributed by atoms with Gasteiger partial charge in [-0.15, -0.1) is 0 Å². The number of aromatic nitrogens is 1. The normalized spacial score (nSPS) is 13.0. The number of anilines is 2. The number of halogens is 1. The van der Waals surface area contributed by atoms with Crippen LogP contribution in [0.4, 0.5) is 15.8 Å². The van der Waals surface area contributed by atoms with Gasteiger partial charge < -0.3 is 19.9 Å². The fraction of sp³-hybridized carbons (Fsp3) is 0.292. The molecule has 2 amide bonds. The first kappa shape index (κ1) is 21.5. The highest BCUT2D eigenvalue weighted by Crippen LogP contribution is 2.31. The Kier molecular flexibility index (Phi) is 6.20. The maximum Gasteiger partial charge on any atom is 0.228 e. The second kappa shape index (κ2) is 9.21. The molecule has 0 atom stereocenters. The molecule has 0 spiro atoms. The highest BCUT2D eigenvalue weighted by molar-refractivity contribution is 5.96. The van der Waals surface area contributed by atoms with E-state index in [0.717, 1.165) is 35.4 Å². The predicted molar refractivity (Wildman–Crippen MR) is 117 cm³/mol. The number of rotatable bonds is 8. The van der Waals surface area contributed by atoms with Crippen LogP contribution >= 0.6 is 0 Å². The van der Waals surface area contributed by atoms with Crippen molar-refractivity contribution in [2.75, 3.05) is 10.6 Å². The molecular weight excluding hydrogens is 413 g/mol. The third kappa shape index (κ3) is 5.32. The summed E-state index contributed by atoms with van der Waals surface area (Å²) in [4.78, 5) is 24.3. The molecule has 166 valence electrons. The van der Waals surface area contributed by atoms with E-state index < -0.39 is 5.82 Å². The molecule has 1 aromatic heterocycles. The molecular formula is C24H24FN3O4. The van der Waals surface area contributed by atoms with Crippen LogP contribution in [0.15, 0.2) is 47.0 Å². The van der Waals surface area contributed by atoms with Crippen molar-refractivity contribution in [2.24, 2.45) is 5.92 Å². The number of hydrogen-bond donors (Lipinski definition) is 2. The number of nitrogens with zero attached hydrogens (tertiary/aromatic N) is 1. The van der Waals surface area contributed by atoms with Crippen LogP contribution in [-0.4, -0.2) is 17.0 Å². The van der Waals surface area contributed by atoms with E-state index in [-0.39, 0.29) is 29.8 Å². The smallest absolute Gasteiger partial charge is 0.228 e. The molecule has 1 fully saturated rings. The van der Waals surface area contributed by atoms with Gasteiger partial charge in [0, 0.05) is 11.6 Å². The van der Waals surface area contributed by atoms with Crippen LogP contribution in [0.1, 0.15) is 35.4 Å². The van der Waals surface area contributed by atoms with E-state index in [4.69, 9.17) is 9.26 Å². The number of benzene rings is 2. The van der Waals surface area contributed by atoms with Gasteiger partial charge in [-0.05, 0) is 62.6 Å². The zero-order valence-electron chi connectivity index (χ0n) is 17.9. The van der Waals surface area contributed by atoms with Crippen molar-refractivity contribution < 1.29 is 23.2 Å². The Morgan fingerprint density at radius 3 is 2.53 bits per heavy atom. The summed E-state index contributed by atoms with van der Waals surface area (Å²) in [5, 5.41) is 9.23. The molecule has 0 radical (unpaired) electrons. The quantitative estimate of drug-likeness (QED) is 0.540. The van der Waals surface area contributed by atoms with Crippen molar-refractivity contribution in [3.05, 3.63) is 70.9 Å². The molecule has 1 aliphatic rings. The molecule has 7 nitrogen and oxygen atoms in total. The summed E-state index contributed by atoms with van der Waals surface area (Å²) >= 11 is 0. The van der Waals surface area contributed by atoms with E-state index in [9.17, 15) is 14.0 Å². The molecule has 1 heterocycles. The Morgan fingerprint density at radius 1 is 1.12 bits per heavy atom. The van der Waals surface area contributed by atoms with E-state index >= 15 is 0 Å². The van der Waals surface area contributed by atoms with Gasteiger partial charge in [-0.2, -0.15) is 0 Å². The van der Waals surface area contributed by atoms with E-state index in [1.54, 1.807) is 12.1 Å². The number of hydrogen-bond acceptors (Lipinski definition) is 5. The molecule has 3 aromatic rings. The zero-order valence-corrected chi connectivity index (χ0v) is 17.9. The molecule has 4 rings (SSSR count). The van der Waals surface area contributed by atoms with Gasteiger partial charge >= 0.3 is 0 Å². The Hall–Kier alpha value is -3.68. The van der Waals surface area contributed by atoms with Crippen molar-refractivity contribution in [1.82, 2.24) is 5.16 Å². The lowest BCUT2D eigenvalue weighted by Gasteiger charge is -2.10. The summed E-state index contributed by atoms with van der Waals surface area (Å²) in [6.45, 7) is 4.05. The number of amides is 2. The maximum atomic E-state index is 14.0. The van der Waals surface area contributed by atoms with Gasteiger partial charge in [0.1, 0.15) is 23.9 Å². The van der Waals surface area contributed by atoms with Crippen LogP contribution in [0, 0.1) is 25.6 Å². The summed E-state index contributed by atoms with van der Waals surface area (Å²) in [7, 11) is 0. The molecule has 0 bridgehead atoms. The van der Waals surface area contributed by atoms with Gasteiger partial charge in [-0.25, -0.2) is 4.39 Å². The third-order valence-electron chi connectivity index (χ3n) is 5.31. The van der Waals surface area contributed by atoms with Crippen molar-refractivity contribution in [2.45, 2.75) is 39.7 Å². The first-order valence-electron chi connectivity index (χ1n) is 10.4. The maximum absolute atomic E-state index is 14.0. The fourth-order valence-corrected chi connectivity index (χ4v) is 3.24. The number of aryl methyl sites for hydroxylation is 2. The third-order valence-corrected chi connectivity index (χ3v) is 5.31. The van der Waals surface area contributed by atoms with Crippen molar-refractivity contribution in [3.8, 4) is 5.75 Å². The molecule has 0 aliphatic heterocycles. The van der Waals surface area contributed by atoms with Gasteiger partial charge in [-0.3, -0.25) is 9.59 Å². The summed E-state index contributed by atoms with van der Waals surface area (Å²) in [5.41, 5.74) is 3.00. The highest BCUT2D eigenvalue weighted by atomic mass is 19.1. The number of carbonyl (C=O) groups excluding carboxylic acids is 2. The Labute approximate surface area is 184 Å². The fourth-order valence-electron chi connectivity index (χ4n) is 3.24. The molecule has 0 saturated heterocycles. The van der Waals surface area contributed by atoms with E-state index in [1.165, 1.54) is 18.2 Å². The average molecular weight is 437 g/mol. The number of nitrogens with one attached hydrogen (secondary N) is 2. The van der Waals surface area contributed by atoms with E-state index in [1.807, 2.05) is 26.0 Å². The molecule has 1 aliphatic carbocycles. The standard InChI is InChI=1S/C24H24FN3O4/c1-14-20(15(2)32-28-14)13-31-19-8-3-16(4-9-19)11-23(29)26-18-7-10-21(25)22(12-18)27-24(30)17-5-6-17/h3-4,7-10,12,17H,5-6,11,13H2,1-2H3,(H,26,29)(H,27,30). The first-order chi connectivity index (χ1) is 15.4. The predicted octanol–water partition coefficient (Wildman–Crippen LogP) is 4.54.